The van der Waals surface area contributed by atoms with Gasteiger partial charge in [0.2, 0.25) is 0 Å². The molecule has 2 atom stereocenters. The molecule has 3 heteroatoms. The first-order chi connectivity index (χ1) is 4.45. The molecule has 2 unspecified atom stereocenters. The van der Waals surface area contributed by atoms with Crippen LogP contribution in [0.1, 0.15) is 0 Å². The van der Waals surface area contributed by atoms with Crippen molar-refractivity contribution in [1.82, 2.24) is 0 Å². The summed E-state index contributed by atoms with van der Waals surface area (Å²) < 4.78 is 11.3. The second-order valence-electron chi connectivity index (χ2n) is 1.73. The predicted molar refractivity (Wildman–Crippen MR) is 26.9 cm³/mol. The molecule has 2 aliphatic rings. The van der Waals surface area contributed by atoms with Crippen molar-refractivity contribution in [2.24, 2.45) is 0 Å². The van der Waals surface area contributed by atoms with E-state index in [1.807, 2.05) is 0 Å². The Balaban J connectivity index is 1.77. The van der Waals surface area contributed by atoms with Gasteiger partial charge >= 0.3 is 75.7 Å². The molecule has 52 valence electrons. The Labute approximate surface area is 75.1 Å². The van der Waals surface area contributed by atoms with E-state index >= 15 is 0 Å². The summed E-state index contributed by atoms with van der Waals surface area (Å²) in [6.45, 7) is 0. The third kappa shape index (κ3) is 1.48. The summed E-state index contributed by atoms with van der Waals surface area (Å²) in [7, 11) is 0. The van der Waals surface area contributed by atoms with Crippen molar-refractivity contribution in [2.75, 3.05) is 0 Å². The van der Waals surface area contributed by atoms with Crippen LogP contribution in [0.3, 0.4) is 0 Å². The molecule has 0 bridgehead atoms. The summed E-state index contributed by atoms with van der Waals surface area (Å²) in [5.41, 5.74) is 0. The molecule has 0 spiro atoms. The molecule has 0 amide bonds. The Morgan fingerprint density at radius 3 is 1.67 bits per heavy atom. The van der Waals surface area contributed by atoms with Crippen LogP contribution in [0.5, 0.6) is 0 Å². The first-order valence-electron chi connectivity index (χ1n) is 2.68. The fourth-order valence-corrected chi connectivity index (χ4v) is 3.58. The zero-order chi connectivity index (χ0) is 6.10. The standard InChI is InChI=1S/C6H6I2O/c1-3-7-5(1)9-6-2-4-8-6/h1-6H/q-2. The Morgan fingerprint density at radius 1 is 1.00 bits per heavy atom. The molecule has 2 rings (SSSR count). The SMILES string of the molecule is C1=CC(OC2C=C[I-]2)[I-]1. The third-order valence-electron chi connectivity index (χ3n) is 1.10. The van der Waals surface area contributed by atoms with Crippen LogP contribution in [0.2, 0.25) is 0 Å². The zero-order valence-electron chi connectivity index (χ0n) is 4.63. The van der Waals surface area contributed by atoms with Crippen molar-refractivity contribution < 1.29 is 47.1 Å². The Morgan fingerprint density at radius 2 is 1.44 bits per heavy atom. The van der Waals surface area contributed by atoms with Crippen LogP contribution in [0.4, 0.5) is 0 Å². The fourth-order valence-electron chi connectivity index (χ4n) is 0.539. The second kappa shape index (κ2) is 2.87. The normalized spacial score (nSPS) is 39.6. The van der Waals surface area contributed by atoms with Crippen LogP contribution >= 0.6 is 0 Å². The molecule has 0 N–H and O–H groups in total. The molecule has 2 aliphatic heterocycles. The minimum atomic E-state index is 0.300. The van der Waals surface area contributed by atoms with Crippen LogP contribution in [-0.4, -0.2) is 8.22 Å². The average Bonchev–Trinajstić information content (AvgIpc) is 1.57. The van der Waals surface area contributed by atoms with Gasteiger partial charge in [0, 0.05) is 0 Å². The van der Waals surface area contributed by atoms with Gasteiger partial charge in [0.05, 0.1) is 0 Å². The number of alkyl halides is 2. The summed E-state index contributed by atoms with van der Waals surface area (Å²) in [5.74, 6) is 0. The van der Waals surface area contributed by atoms with Gasteiger partial charge in [0.15, 0.2) is 0 Å². The van der Waals surface area contributed by atoms with Gasteiger partial charge in [-0.05, 0) is 0 Å². The van der Waals surface area contributed by atoms with Gasteiger partial charge in [-0.15, -0.1) is 0 Å². The van der Waals surface area contributed by atoms with Crippen molar-refractivity contribution in [3.05, 3.63) is 20.3 Å². The van der Waals surface area contributed by atoms with E-state index in [9.17, 15) is 0 Å². The van der Waals surface area contributed by atoms with E-state index < -0.39 is 0 Å². The Kier molecular flexibility index (Phi) is 2.11. The van der Waals surface area contributed by atoms with Crippen molar-refractivity contribution in [1.29, 1.82) is 0 Å². The van der Waals surface area contributed by atoms with Crippen molar-refractivity contribution in [3.8, 4) is 0 Å². The van der Waals surface area contributed by atoms with Crippen molar-refractivity contribution in [2.45, 2.75) is 8.22 Å². The number of halogens is 2. The van der Waals surface area contributed by atoms with Crippen molar-refractivity contribution >= 4 is 0 Å². The van der Waals surface area contributed by atoms with E-state index in [4.69, 9.17) is 4.74 Å². The van der Waals surface area contributed by atoms with Crippen molar-refractivity contribution in [3.63, 3.8) is 0 Å². The van der Waals surface area contributed by atoms with Gasteiger partial charge in [-0.25, -0.2) is 0 Å². The molecule has 0 saturated carbocycles. The summed E-state index contributed by atoms with van der Waals surface area (Å²) in [6, 6.07) is 0. The van der Waals surface area contributed by atoms with Gasteiger partial charge < -0.3 is 0 Å². The van der Waals surface area contributed by atoms with Gasteiger partial charge in [-0.3, -0.25) is 0 Å². The molecular weight excluding hydrogens is 342 g/mol. The topological polar surface area (TPSA) is 9.23 Å². The maximum atomic E-state index is 5.65. The monoisotopic (exact) mass is 348 g/mol. The molecule has 2 heterocycles. The van der Waals surface area contributed by atoms with Gasteiger partial charge in [-0.2, -0.15) is 0 Å². The first kappa shape index (κ1) is 6.60. The molecule has 1 nitrogen and oxygen atoms in total. The van der Waals surface area contributed by atoms with Gasteiger partial charge in [0.25, 0.3) is 0 Å². The van der Waals surface area contributed by atoms with E-state index in [1.165, 1.54) is 0 Å². The van der Waals surface area contributed by atoms with Gasteiger partial charge in [-0.1, -0.05) is 0 Å². The second-order valence-corrected chi connectivity index (χ2v) is 7.06. The molecule has 0 aromatic heterocycles. The molecule has 0 fully saturated rings. The number of ether oxygens (including phenoxy) is 1. The average molecular weight is 348 g/mol. The predicted octanol–water partition coefficient (Wildman–Crippen LogP) is -5.11. The van der Waals surface area contributed by atoms with E-state index in [2.05, 4.69) is 20.3 Å². The Hall–Kier alpha value is 0.900. The first-order valence-corrected chi connectivity index (χ1v) is 7.66. The van der Waals surface area contributed by atoms with E-state index in [0.717, 1.165) is 0 Å². The summed E-state index contributed by atoms with van der Waals surface area (Å²) in [4.78, 5) is 0. The van der Waals surface area contributed by atoms with E-state index in [0.29, 0.717) is 50.6 Å². The van der Waals surface area contributed by atoms with Crippen LogP contribution < -0.4 is 42.4 Å². The Bertz CT molecular complexity index is 146. The quantitative estimate of drug-likeness (QED) is 0.359. The summed E-state index contributed by atoms with van der Waals surface area (Å²) >= 11 is 0.601. The molecule has 0 aromatic rings. The molecule has 0 aliphatic carbocycles. The molecule has 0 radical (unpaired) electrons. The van der Waals surface area contributed by atoms with Crippen LogP contribution in [0.15, 0.2) is 20.3 Å². The number of hydrogen-bond donors (Lipinski definition) is 0. The third-order valence-corrected chi connectivity index (χ3v) is 5.60. The zero-order valence-corrected chi connectivity index (χ0v) is 8.94. The summed E-state index contributed by atoms with van der Waals surface area (Å²) in [5, 5.41) is 0. The van der Waals surface area contributed by atoms with Gasteiger partial charge in [0.1, 0.15) is 0 Å². The van der Waals surface area contributed by atoms with Crippen LogP contribution in [0.25, 0.3) is 0 Å². The number of hydrogen-bond acceptors (Lipinski definition) is 1. The summed E-state index contributed by atoms with van der Waals surface area (Å²) in [6.07, 6.45) is 4.37. The maximum absolute atomic E-state index is 5.65. The molecule has 0 aromatic carbocycles. The molecular formula is C6H6I2O-2. The van der Waals surface area contributed by atoms with Crippen LogP contribution in [-0.2, 0) is 4.74 Å². The minimum absolute atomic E-state index is 0.300. The van der Waals surface area contributed by atoms with Crippen LogP contribution in [0, 0.1) is 0 Å². The van der Waals surface area contributed by atoms with E-state index in [1.54, 1.807) is 0 Å². The molecule has 9 heavy (non-hydrogen) atoms. The molecule has 0 saturated heterocycles. The number of rotatable bonds is 2. The van der Waals surface area contributed by atoms with E-state index in [-0.39, 0.29) is 0 Å². The fraction of sp³-hybridized carbons (Fsp3) is 0.333.